The van der Waals surface area contributed by atoms with Crippen molar-refractivity contribution in [1.29, 1.82) is 0 Å². The lowest BCUT2D eigenvalue weighted by atomic mass is 10.3. The topological polar surface area (TPSA) is 73.4 Å². The third-order valence-electron chi connectivity index (χ3n) is 2.59. The van der Waals surface area contributed by atoms with E-state index in [9.17, 15) is 4.79 Å². The number of hydrogen-bond donors (Lipinski definition) is 1. The molecular weight excluding hydrogens is 232 g/mol. The minimum Gasteiger partial charge on any atom is -0.383 e. The van der Waals surface area contributed by atoms with Crippen molar-refractivity contribution in [2.24, 2.45) is 5.73 Å². The summed E-state index contributed by atoms with van der Waals surface area (Å²) in [5, 5.41) is 4.10. The highest BCUT2D eigenvalue weighted by atomic mass is 16.5. The molecule has 6 nitrogen and oxygen atoms in total. The number of hydrogen-bond acceptors (Lipinski definition) is 5. The van der Waals surface area contributed by atoms with E-state index >= 15 is 0 Å². The molecule has 0 radical (unpaired) electrons. The number of methoxy groups -OCH3 is 1. The summed E-state index contributed by atoms with van der Waals surface area (Å²) >= 11 is 0. The zero-order valence-electron chi connectivity index (χ0n) is 10.9. The van der Waals surface area contributed by atoms with E-state index in [2.05, 4.69) is 11.7 Å². The van der Waals surface area contributed by atoms with Gasteiger partial charge in [0, 0.05) is 33.3 Å². The van der Waals surface area contributed by atoms with Crippen molar-refractivity contribution in [2.45, 2.75) is 6.54 Å². The van der Waals surface area contributed by atoms with Gasteiger partial charge in [-0.1, -0.05) is 6.58 Å². The van der Waals surface area contributed by atoms with Crippen LogP contribution in [-0.2, 0) is 11.3 Å². The van der Waals surface area contributed by atoms with Gasteiger partial charge in [-0.3, -0.25) is 4.79 Å². The molecule has 0 unspecified atom stereocenters. The molecule has 0 saturated carbocycles. The van der Waals surface area contributed by atoms with E-state index in [1.807, 2.05) is 11.9 Å². The maximum absolute atomic E-state index is 11.8. The van der Waals surface area contributed by atoms with Crippen LogP contribution in [0.5, 0.6) is 0 Å². The first-order valence-corrected chi connectivity index (χ1v) is 5.72. The lowest BCUT2D eigenvalue weighted by Gasteiger charge is -2.18. The van der Waals surface area contributed by atoms with Crippen molar-refractivity contribution in [3.8, 4) is 0 Å². The van der Waals surface area contributed by atoms with Gasteiger partial charge in [0.2, 0.25) is 0 Å². The highest BCUT2D eigenvalue weighted by Crippen LogP contribution is 2.06. The van der Waals surface area contributed by atoms with Crippen LogP contribution in [0.1, 0.15) is 0 Å². The van der Waals surface area contributed by atoms with Crippen molar-refractivity contribution in [3.05, 3.63) is 34.8 Å². The van der Waals surface area contributed by atoms with Gasteiger partial charge in [-0.25, -0.2) is 4.68 Å². The second-order valence-corrected chi connectivity index (χ2v) is 4.08. The van der Waals surface area contributed by atoms with Gasteiger partial charge in [-0.15, -0.1) is 0 Å². The predicted octanol–water partition coefficient (Wildman–Crippen LogP) is -0.159. The number of rotatable bonds is 7. The van der Waals surface area contributed by atoms with Crippen LogP contribution in [0.15, 0.2) is 29.2 Å². The van der Waals surface area contributed by atoms with Crippen LogP contribution >= 0.6 is 0 Å². The maximum Gasteiger partial charge on any atom is 0.269 e. The maximum atomic E-state index is 11.8. The molecule has 0 saturated heterocycles. The number of ether oxygens (including phenoxy) is 1. The van der Waals surface area contributed by atoms with Gasteiger partial charge in [-0.05, 0) is 5.57 Å². The predicted molar refractivity (Wildman–Crippen MR) is 71.8 cm³/mol. The Labute approximate surface area is 107 Å². The first-order valence-electron chi connectivity index (χ1n) is 5.72. The van der Waals surface area contributed by atoms with Crippen LogP contribution in [0.3, 0.4) is 0 Å². The lowest BCUT2D eigenvalue weighted by molar-refractivity contribution is 0.206. The van der Waals surface area contributed by atoms with Gasteiger partial charge in [0.15, 0.2) is 0 Å². The van der Waals surface area contributed by atoms with Gasteiger partial charge in [0.1, 0.15) is 0 Å². The summed E-state index contributed by atoms with van der Waals surface area (Å²) < 4.78 is 6.33. The van der Waals surface area contributed by atoms with Gasteiger partial charge >= 0.3 is 0 Å². The van der Waals surface area contributed by atoms with Crippen LogP contribution in [-0.4, -0.2) is 43.6 Å². The first-order chi connectivity index (χ1) is 8.58. The Hall–Kier alpha value is -1.66. The minimum atomic E-state index is -0.161. The largest absolute Gasteiger partial charge is 0.383 e. The molecule has 1 heterocycles. The van der Waals surface area contributed by atoms with E-state index in [1.54, 1.807) is 19.4 Å². The summed E-state index contributed by atoms with van der Waals surface area (Å²) in [6.07, 6.45) is 1.65. The summed E-state index contributed by atoms with van der Waals surface area (Å²) in [5.41, 5.74) is 6.82. The van der Waals surface area contributed by atoms with E-state index in [0.717, 1.165) is 11.3 Å². The van der Waals surface area contributed by atoms with E-state index < -0.39 is 0 Å². The van der Waals surface area contributed by atoms with Gasteiger partial charge in [0.05, 0.1) is 25.0 Å². The van der Waals surface area contributed by atoms with Crippen molar-refractivity contribution in [2.75, 3.05) is 38.8 Å². The second-order valence-electron chi connectivity index (χ2n) is 4.08. The second kappa shape index (κ2) is 6.93. The lowest BCUT2D eigenvalue weighted by Crippen LogP contribution is -2.28. The Morgan fingerprint density at radius 3 is 2.94 bits per heavy atom. The van der Waals surface area contributed by atoms with Crippen molar-refractivity contribution in [1.82, 2.24) is 9.78 Å². The van der Waals surface area contributed by atoms with Crippen molar-refractivity contribution < 1.29 is 4.74 Å². The smallest absolute Gasteiger partial charge is 0.269 e. The van der Waals surface area contributed by atoms with E-state index in [-0.39, 0.29) is 5.56 Å². The molecular formula is C12H20N4O2. The molecule has 1 aromatic rings. The highest BCUT2D eigenvalue weighted by Gasteiger charge is 2.05. The Morgan fingerprint density at radius 1 is 1.67 bits per heavy atom. The molecule has 0 aliphatic carbocycles. The molecule has 0 atom stereocenters. The first kappa shape index (κ1) is 14.4. The van der Waals surface area contributed by atoms with E-state index in [1.165, 1.54) is 4.68 Å². The summed E-state index contributed by atoms with van der Waals surface area (Å²) in [5.74, 6) is 0. The summed E-state index contributed by atoms with van der Waals surface area (Å²) in [7, 11) is 3.53. The fourth-order valence-corrected chi connectivity index (χ4v) is 1.39. The normalized spacial score (nSPS) is 10.4. The molecule has 18 heavy (non-hydrogen) atoms. The SMILES string of the molecule is C=C(CN)Cn1ncc(N(C)CCOC)cc1=O. The average molecular weight is 252 g/mol. The summed E-state index contributed by atoms with van der Waals surface area (Å²) in [4.78, 5) is 13.7. The van der Waals surface area contributed by atoms with Crippen LogP contribution in [0.25, 0.3) is 0 Å². The van der Waals surface area contributed by atoms with E-state index in [4.69, 9.17) is 10.5 Å². The monoisotopic (exact) mass is 252 g/mol. The molecule has 1 aromatic heterocycles. The summed E-state index contributed by atoms with van der Waals surface area (Å²) in [6, 6.07) is 1.55. The molecule has 0 fully saturated rings. The fraction of sp³-hybridized carbons (Fsp3) is 0.500. The van der Waals surface area contributed by atoms with Crippen molar-refractivity contribution in [3.63, 3.8) is 0 Å². The Morgan fingerprint density at radius 2 is 2.39 bits per heavy atom. The standard InChI is InChI=1S/C12H20N4O2/c1-10(7-13)9-16-12(17)6-11(8-14-16)15(2)4-5-18-3/h6,8H,1,4-5,7,9,13H2,2-3H3. The van der Waals surface area contributed by atoms with Crippen LogP contribution in [0, 0.1) is 0 Å². The van der Waals surface area contributed by atoms with Crippen LogP contribution in [0.4, 0.5) is 5.69 Å². The molecule has 1 rings (SSSR count). The Bertz CT molecular complexity index is 456. The number of nitrogens with zero attached hydrogens (tertiary/aromatic N) is 3. The Kier molecular flexibility index (Phi) is 5.54. The fourth-order valence-electron chi connectivity index (χ4n) is 1.39. The quantitative estimate of drug-likeness (QED) is 0.683. The number of anilines is 1. The highest BCUT2D eigenvalue weighted by molar-refractivity contribution is 5.41. The van der Waals surface area contributed by atoms with Gasteiger partial charge in [-0.2, -0.15) is 5.10 Å². The molecule has 0 bridgehead atoms. The Balaban J connectivity index is 2.79. The molecule has 0 aliphatic heterocycles. The average Bonchev–Trinajstić information content (AvgIpc) is 2.38. The molecule has 0 aliphatic rings. The molecule has 0 aromatic carbocycles. The number of likely N-dealkylation sites (N-methyl/N-ethyl adjacent to an activating group) is 1. The van der Waals surface area contributed by atoms with Gasteiger partial charge in [0.25, 0.3) is 5.56 Å². The third-order valence-corrected chi connectivity index (χ3v) is 2.59. The zero-order valence-corrected chi connectivity index (χ0v) is 10.9. The van der Waals surface area contributed by atoms with Crippen molar-refractivity contribution >= 4 is 5.69 Å². The number of aromatic nitrogens is 2. The third kappa shape index (κ3) is 3.97. The van der Waals surface area contributed by atoms with Crippen LogP contribution < -0.4 is 16.2 Å². The molecule has 6 heteroatoms. The molecule has 0 amide bonds. The van der Waals surface area contributed by atoms with E-state index in [0.29, 0.717) is 26.2 Å². The van der Waals surface area contributed by atoms with Crippen LogP contribution in [0.2, 0.25) is 0 Å². The number of nitrogens with two attached hydrogens (primary N) is 1. The molecule has 2 N–H and O–H groups in total. The summed E-state index contributed by atoms with van der Waals surface area (Å²) in [6.45, 7) is 5.77. The molecule has 0 spiro atoms. The minimum absolute atomic E-state index is 0.161. The zero-order chi connectivity index (χ0) is 13.5. The van der Waals surface area contributed by atoms with Gasteiger partial charge < -0.3 is 15.4 Å². The molecule has 100 valence electrons.